The maximum Gasteiger partial charge on any atom is 0.323 e. The maximum atomic E-state index is 12.0. The van der Waals surface area contributed by atoms with Crippen LogP contribution in [-0.2, 0) is 6.54 Å². The van der Waals surface area contributed by atoms with Gasteiger partial charge in [-0.3, -0.25) is 4.68 Å². The molecule has 2 amide bonds. The fourth-order valence-electron chi connectivity index (χ4n) is 2.10. The van der Waals surface area contributed by atoms with E-state index in [1.54, 1.807) is 29.1 Å². The van der Waals surface area contributed by atoms with Gasteiger partial charge < -0.3 is 20.6 Å². The quantitative estimate of drug-likeness (QED) is 0.676. The number of anilines is 2. The van der Waals surface area contributed by atoms with E-state index in [0.29, 0.717) is 29.5 Å². The molecule has 0 spiro atoms. The summed E-state index contributed by atoms with van der Waals surface area (Å²) < 4.78 is 2.41. The first-order valence-corrected chi connectivity index (χ1v) is 8.39. The van der Waals surface area contributed by atoms with Gasteiger partial charge in [0.25, 0.3) is 0 Å². The largest absolute Gasteiger partial charge is 0.390 e. The molecule has 9 heteroatoms. The molecule has 130 valence electrons. The van der Waals surface area contributed by atoms with Crippen molar-refractivity contribution in [2.75, 3.05) is 31.3 Å². The van der Waals surface area contributed by atoms with Crippen LogP contribution in [0.3, 0.4) is 0 Å². The highest BCUT2D eigenvalue weighted by Gasteiger charge is 2.10. The van der Waals surface area contributed by atoms with Crippen molar-refractivity contribution in [1.82, 2.24) is 14.7 Å². The van der Waals surface area contributed by atoms with E-state index in [0.717, 1.165) is 4.47 Å². The number of aliphatic hydroxyl groups excluding tert-OH is 1. The number of halogens is 2. The van der Waals surface area contributed by atoms with Crippen LogP contribution >= 0.6 is 27.5 Å². The average molecular weight is 417 g/mol. The van der Waals surface area contributed by atoms with E-state index >= 15 is 0 Å². The molecular formula is C15H19BrClN5O2. The van der Waals surface area contributed by atoms with Crippen LogP contribution in [0.1, 0.15) is 0 Å². The predicted molar refractivity (Wildman–Crippen MR) is 98.6 cm³/mol. The van der Waals surface area contributed by atoms with E-state index in [9.17, 15) is 9.90 Å². The minimum atomic E-state index is -0.539. The van der Waals surface area contributed by atoms with Gasteiger partial charge in [0.15, 0.2) is 0 Å². The van der Waals surface area contributed by atoms with E-state index in [1.165, 1.54) is 6.20 Å². The molecule has 0 saturated carbocycles. The number of aromatic nitrogens is 2. The number of carbonyl (C=O) groups excluding carboxylic acids is 1. The Balaban J connectivity index is 1.90. The topological polar surface area (TPSA) is 82.4 Å². The molecule has 0 unspecified atom stereocenters. The highest BCUT2D eigenvalue weighted by Crippen LogP contribution is 2.25. The number of hydrogen-bond donors (Lipinski definition) is 3. The fraction of sp³-hybridized carbons (Fsp3) is 0.333. The Labute approximate surface area is 153 Å². The first-order valence-electron chi connectivity index (χ1n) is 7.22. The van der Waals surface area contributed by atoms with Crippen molar-refractivity contribution in [2.24, 2.45) is 0 Å². The molecular weight excluding hydrogens is 398 g/mol. The predicted octanol–water partition coefficient (Wildman–Crippen LogP) is 2.87. The first kappa shape index (κ1) is 18.7. The summed E-state index contributed by atoms with van der Waals surface area (Å²) in [5.41, 5.74) is 1.03. The molecule has 3 N–H and O–H groups in total. The number of urea groups is 1. The Morgan fingerprint density at radius 1 is 1.46 bits per heavy atom. The lowest BCUT2D eigenvalue weighted by molar-refractivity contribution is 0.116. The molecule has 7 nitrogen and oxygen atoms in total. The SMILES string of the molecule is CN(C)C[C@@H](O)Cn1cc(NC(=O)Nc2ccc(Br)cc2Cl)cn1. The zero-order chi connectivity index (χ0) is 17.7. The second-order valence-corrected chi connectivity index (χ2v) is 6.89. The normalized spacial score (nSPS) is 12.2. The van der Waals surface area contributed by atoms with Gasteiger partial charge in [-0.2, -0.15) is 5.10 Å². The molecule has 1 aromatic heterocycles. The number of aliphatic hydroxyl groups is 1. The van der Waals surface area contributed by atoms with Crippen molar-refractivity contribution in [3.05, 3.63) is 40.1 Å². The van der Waals surface area contributed by atoms with Crippen LogP contribution in [0, 0.1) is 0 Å². The number of amides is 2. The number of rotatable bonds is 6. The van der Waals surface area contributed by atoms with Gasteiger partial charge in [0.2, 0.25) is 0 Å². The first-order chi connectivity index (χ1) is 11.3. The lowest BCUT2D eigenvalue weighted by atomic mass is 10.3. The average Bonchev–Trinajstić information content (AvgIpc) is 2.88. The van der Waals surface area contributed by atoms with E-state index in [2.05, 4.69) is 31.7 Å². The Morgan fingerprint density at radius 3 is 2.88 bits per heavy atom. The standard InChI is InChI=1S/C15H19BrClN5O2/c1-21(2)8-12(23)9-22-7-11(6-18-22)19-15(24)20-14-4-3-10(16)5-13(14)17/h3-7,12,23H,8-9H2,1-2H3,(H2,19,20,24)/t12-/m1/s1. The van der Waals surface area contributed by atoms with Gasteiger partial charge in [-0.1, -0.05) is 27.5 Å². The van der Waals surface area contributed by atoms with E-state index in [-0.39, 0.29) is 0 Å². The van der Waals surface area contributed by atoms with E-state index in [4.69, 9.17) is 11.6 Å². The molecule has 1 atom stereocenters. The van der Waals surface area contributed by atoms with Crippen LogP contribution in [0.25, 0.3) is 0 Å². The van der Waals surface area contributed by atoms with Gasteiger partial charge in [-0.05, 0) is 32.3 Å². The third kappa shape index (κ3) is 5.79. The summed E-state index contributed by atoms with van der Waals surface area (Å²) in [5, 5.41) is 19.8. The molecule has 0 bridgehead atoms. The summed E-state index contributed by atoms with van der Waals surface area (Å²) >= 11 is 9.36. The molecule has 0 saturated heterocycles. The molecule has 0 radical (unpaired) electrons. The Morgan fingerprint density at radius 2 is 2.21 bits per heavy atom. The Kier molecular flexibility index (Phi) is 6.61. The van der Waals surface area contributed by atoms with Crippen LogP contribution in [0.4, 0.5) is 16.2 Å². The minimum Gasteiger partial charge on any atom is -0.390 e. The lowest BCUT2D eigenvalue weighted by Crippen LogP contribution is -2.29. The van der Waals surface area contributed by atoms with Gasteiger partial charge in [-0.15, -0.1) is 0 Å². The molecule has 1 heterocycles. The van der Waals surface area contributed by atoms with Crippen molar-refractivity contribution in [1.29, 1.82) is 0 Å². The van der Waals surface area contributed by atoms with E-state index < -0.39 is 12.1 Å². The summed E-state index contributed by atoms with van der Waals surface area (Å²) in [6, 6.07) is 4.76. The van der Waals surface area contributed by atoms with Gasteiger partial charge >= 0.3 is 6.03 Å². The summed E-state index contributed by atoms with van der Waals surface area (Å²) in [7, 11) is 3.77. The number of nitrogens with one attached hydrogen (secondary N) is 2. The van der Waals surface area contributed by atoms with Gasteiger partial charge in [0.1, 0.15) is 0 Å². The van der Waals surface area contributed by atoms with Crippen molar-refractivity contribution in [2.45, 2.75) is 12.6 Å². The van der Waals surface area contributed by atoms with E-state index in [1.807, 2.05) is 19.0 Å². The second kappa shape index (κ2) is 8.48. The Hall–Kier alpha value is -1.61. The second-order valence-electron chi connectivity index (χ2n) is 5.57. The highest BCUT2D eigenvalue weighted by molar-refractivity contribution is 9.10. The number of benzene rings is 1. The van der Waals surface area contributed by atoms with Crippen molar-refractivity contribution >= 4 is 44.9 Å². The fourth-order valence-corrected chi connectivity index (χ4v) is 2.82. The molecule has 24 heavy (non-hydrogen) atoms. The van der Waals surface area contributed by atoms with Crippen LogP contribution in [-0.4, -0.2) is 52.6 Å². The van der Waals surface area contributed by atoms with Crippen LogP contribution in [0.15, 0.2) is 35.1 Å². The summed E-state index contributed by atoms with van der Waals surface area (Å²) in [6.07, 6.45) is 2.63. The highest BCUT2D eigenvalue weighted by atomic mass is 79.9. The van der Waals surface area contributed by atoms with Gasteiger partial charge in [0, 0.05) is 17.2 Å². The van der Waals surface area contributed by atoms with Gasteiger partial charge in [0.05, 0.1) is 35.2 Å². The Bertz CT molecular complexity index is 707. The zero-order valence-corrected chi connectivity index (χ0v) is 15.7. The molecule has 0 aliphatic heterocycles. The van der Waals surface area contributed by atoms with Crippen LogP contribution in [0.2, 0.25) is 5.02 Å². The third-order valence-corrected chi connectivity index (χ3v) is 3.85. The monoisotopic (exact) mass is 415 g/mol. The minimum absolute atomic E-state index is 0.347. The molecule has 2 rings (SSSR count). The van der Waals surface area contributed by atoms with Gasteiger partial charge in [-0.25, -0.2) is 4.79 Å². The number of nitrogens with zero attached hydrogens (tertiary/aromatic N) is 3. The zero-order valence-electron chi connectivity index (χ0n) is 13.3. The van der Waals surface area contributed by atoms with Crippen LogP contribution < -0.4 is 10.6 Å². The van der Waals surface area contributed by atoms with Crippen molar-refractivity contribution < 1.29 is 9.90 Å². The molecule has 0 aliphatic carbocycles. The smallest absolute Gasteiger partial charge is 0.323 e. The number of hydrogen-bond acceptors (Lipinski definition) is 4. The van der Waals surface area contributed by atoms with Crippen molar-refractivity contribution in [3.63, 3.8) is 0 Å². The summed E-state index contributed by atoms with van der Waals surface area (Å²) in [5.74, 6) is 0. The molecule has 0 aliphatic rings. The lowest BCUT2D eigenvalue weighted by Gasteiger charge is -2.15. The summed E-state index contributed by atoms with van der Waals surface area (Å²) in [6.45, 7) is 0.880. The number of likely N-dealkylation sites (N-methyl/N-ethyl adjacent to an activating group) is 1. The third-order valence-electron chi connectivity index (χ3n) is 3.04. The molecule has 2 aromatic rings. The van der Waals surface area contributed by atoms with Crippen molar-refractivity contribution in [3.8, 4) is 0 Å². The van der Waals surface area contributed by atoms with Crippen LogP contribution in [0.5, 0.6) is 0 Å². The molecule has 0 fully saturated rings. The molecule has 1 aromatic carbocycles. The number of carbonyl (C=O) groups is 1. The maximum absolute atomic E-state index is 12.0. The summed E-state index contributed by atoms with van der Waals surface area (Å²) in [4.78, 5) is 13.9.